The van der Waals surface area contributed by atoms with Crippen molar-refractivity contribution in [3.05, 3.63) is 34.7 Å². The van der Waals surface area contributed by atoms with Crippen LogP contribution < -0.4 is 5.56 Å². The Bertz CT molecular complexity index is 357. The smallest absolute Gasteiger partial charge is 0.334 e. The van der Waals surface area contributed by atoms with E-state index in [0.29, 0.717) is 0 Å². The molecule has 0 fully saturated rings. The molecular formula is C8H9NO4. The van der Waals surface area contributed by atoms with Crippen molar-refractivity contribution < 1.29 is 15.0 Å². The topological polar surface area (TPSA) is 79.5 Å². The minimum Gasteiger partial charge on any atom is -0.479 e. The molecular weight excluding hydrogens is 174 g/mol. The van der Waals surface area contributed by atoms with Crippen LogP contribution in [0.5, 0.6) is 0 Å². The van der Waals surface area contributed by atoms with E-state index in [2.05, 4.69) is 0 Å². The number of hydrogen-bond acceptors (Lipinski definition) is 3. The Morgan fingerprint density at radius 2 is 2.23 bits per heavy atom. The van der Waals surface area contributed by atoms with Crippen LogP contribution in [0.2, 0.25) is 0 Å². The van der Waals surface area contributed by atoms with Crippen molar-refractivity contribution in [1.82, 2.24) is 4.57 Å². The average Bonchev–Trinajstić information content (AvgIpc) is 2.08. The number of hydrogen-bond donors (Lipinski definition) is 2. The fourth-order valence-electron chi connectivity index (χ4n) is 0.876. The molecule has 1 aromatic heterocycles. The highest BCUT2D eigenvalue weighted by atomic mass is 16.4. The SMILES string of the molecule is O=C(O)C(O)Cn1ccccc1=O. The highest BCUT2D eigenvalue weighted by Gasteiger charge is 2.13. The van der Waals surface area contributed by atoms with Crippen molar-refractivity contribution in [3.8, 4) is 0 Å². The van der Waals surface area contributed by atoms with Gasteiger partial charge in [0.05, 0.1) is 6.54 Å². The lowest BCUT2D eigenvalue weighted by atomic mass is 10.3. The summed E-state index contributed by atoms with van der Waals surface area (Å²) in [4.78, 5) is 21.3. The number of rotatable bonds is 3. The fraction of sp³-hybridized carbons (Fsp3) is 0.250. The van der Waals surface area contributed by atoms with E-state index in [1.807, 2.05) is 0 Å². The molecule has 1 heterocycles. The molecule has 0 bridgehead atoms. The number of carbonyl (C=O) groups is 1. The van der Waals surface area contributed by atoms with Crippen LogP contribution in [0.25, 0.3) is 0 Å². The van der Waals surface area contributed by atoms with Crippen LogP contribution in [0.4, 0.5) is 0 Å². The second-order valence-electron chi connectivity index (χ2n) is 2.55. The lowest BCUT2D eigenvalue weighted by molar-refractivity contribution is -0.147. The first-order valence-corrected chi connectivity index (χ1v) is 3.67. The number of carboxylic acids is 1. The van der Waals surface area contributed by atoms with Gasteiger partial charge in [0.1, 0.15) is 0 Å². The maximum Gasteiger partial charge on any atom is 0.334 e. The van der Waals surface area contributed by atoms with E-state index in [1.54, 1.807) is 12.1 Å². The van der Waals surface area contributed by atoms with Gasteiger partial charge in [-0.05, 0) is 6.07 Å². The molecule has 0 spiro atoms. The number of pyridine rings is 1. The summed E-state index contributed by atoms with van der Waals surface area (Å²) >= 11 is 0. The lowest BCUT2D eigenvalue weighted by Gasteiger charge is -2.07. The summed E-state index contributed by atoms with van der Waals surface area (Å²) in [5.41, 5.74) is -0.331. The van der Waals surface area contributed by atoms with Crippen molar-refractivity contribution in [2.75, 3.05) is 0 Å². The molecule has 70 valence electrons. The Balaban J connectivity index is 2.81. The molecule has 1 aromatic rings. The molecule has 0 saturated heterocycles. The van der Waals surface area contributed by atoms with E-state index in [-0.39, 0.29) is 12.1 Å². The van der Waals surface area contributed by atoms with Crippen molar-refractivity contribution in [2.24, 2.45) is 0 Å². The minimum absolute atomic E-state index is 0.227. The zero-order chi connectivity index (χ0) is 9.84. The Hall–Kier alpha value is -1.62. The summed E-state index contributed by atoms with van der Waals surface area (Å²) in [6.45, 7) is -0.227. The maximum atomic E-state index is 11.0. The van der Waals surface area contributed by atoms with Gasteiger partial charge < -0.3 is 14.8 Å². The number of aliphatic carboxylic acids is 1. The molecule has 0 saturated carbocycles. The summed E-state index contributed by atoms with van der Waals surface area (Å²) < 4.78 is 1.14. The summed E-state index contributed by atoms with van der Waals surface area (Å²) in [7, 11) is 0. The number of carboxylic acid groups (broad SMARTS) is 1. The summed E-state index contributed by atoms with van der Waals surface area (Å²) in [5, 5.41) is 17.3. The van der Waals surface area contributed by atoms with E-state index in [4.69, 9.17) is 10.2 Å². The molecule has 1 atom stereocenters. The highest BCUT2D eigenvalue weighted by Crippen LogP contribution is 1.89. The van der Waals surface area contributed by atoms with Gasteiger partial charge in [-0.25, -0.2) is 4.79 Å². The first kappa shape index (κ1) is 9.47. The van der Waals surface area contributed by atoms with Gasteiger partial charge in [-0.2, -0.15) is 0 Å². The Morgan fingerprint density at radius 1 is 1.54 bits per heavy atom. The number of aliphatic hydroxyl groups excluding tert-OH is 1. The molecule has 13 heavy (non-hydrogen) atoms. The maximum absolute atomic E-state index is 11.0. The van der Waals surface area contributed by atoms with E-state index >= 15 is 0 Å². The summed E-state index contributed by atoms with van der Waals surface area (Å²) in [6, 6.07) is 4.44. The predicted octanol–water partition coefficient (Wildman–Crippen LogP) is -0.706. The van der Waals surface area contributed by atoms with Gasteiger partial charge in [-0.1, -0.05) is 6.07 Å². The van der Waals surface area contributed by atoms with E-state index in [0.717, 1.165) is 4.57 Å². The molecule has 0 aliphatic carbocycles. The summed E-state index contributed by atoms with van der Waals surface area (Å²) in [6.07, 6.45) is -0.116. The molecule has 0 amide bonds. The van der Waals surface area contributed by atoms with Crippen LogP contribution in [0.3, 0.4) is 0 Å². The second-order valence-corrected chi connectivity index (χ2v) is 2.55. The fourth-order valence-corrected chi connectivity index (χ4v) is 0.876. The molecule has 1 unspecified atom stereocenters. The van der Waals surface area contributed by atoms with Crippen molar-refractivity contribution >= 4 is 5.97 Å². The van der Waals surface area contributed by atoms with Crippen LogP contribution in [0.15, 0.2) is 29.2 Å². The molecule has 0 aliphatic rings. The molecule has 0 aliphatic heterocycles. The number of aromatic nitrogens is 1. The second kappa shape index (κ2) is 3.86. The first-order valence-electron chi connectivity index (χ1n) is 3.67. The molecule has 0 radical (unpaired) electrons. The molecule has 5 nitrogen and oxygen atoms in total. The average molecular weight is 183 g/mol. The third-order valence-corrected chi connectivity index (χ3v) is 1.55. The van der Waals surface area contributed by atoms with Crippen LogP contribution in [-0.2, 0) is 11.3 Å². The van der Waals surface area contributed by atoms with Gasteiger partial charge in [-0.15, -0.1) is 0 Å². The van der Waals surface area contributed by atoms with Crippen LogP contribution in [0, 0.1) is 0 Å². The van der Waals surface area contributed by atoms with E-state index in [1.165, 1.54) is 12.3 Å². The van der Waals surface area contributed by atoms with Crippen molar-refractivity contribution in [1.29, 1.82) is 0 Å². The van der Waals surface area contributed by atoms with Gasteiger partial charge in [-0.3, -0.25) is 4.79 Å². The third-order valence-electron chi connectivity index (χ3n) is 1.55. The summed E-state index contributed by atoms with van der Waals surface area (Å²) in [5.74, 6) is -1.34. The van der Waals surface area contributed by atoms with Crippen LogP contribution in [-0.4, -0.2) is 26.9 Å². The lowest BCUT2D eigenvalue weighted by Crippen LogP contribution is -2.30. The van der Waals surface area contributed by atoms with Gasteiger partial charge in [0, 0.05) is 12.3 Å². The number of aliphatic hydroxyl groups is 1. The quantitative estimate of drug-likeness (QED) is 0.649. The zero-order valence-electron chi connectivity index (χ0n) is 6.75. The monoisotopic (exact) mass is 183 g/mol. The van der Waals surface area contributed by atoms with Gasteiger partial charge in [0.2, 0.25) is 0 Å². The van der Waals surface area contributed by atoms with Gasteiger partial charge in [0.25, 0.3) is 5.56 Å². The van der Waals surface area contributed by atoms with E-state index in [9.17, 15) is 9.59 Å². The molecule has 0 aromatic carbocycles. The van der Waals surface area contributed by atoms with Crippen molar-refractivity contribution in [2.45, 2.75) is 12.6 Å². The van der Waals surface area contributed by atoms with Crippen LogP contribution >= 0.6 is 0 Å². The van der Waals surface area contributed by atoms with E-state index < -0.39 is 12.1 Å². The van der Waals surface area contributed by atoms with Gasteiger partial charge >= 0.3 is 5.97 Å². The Morgan fingerprint density at radius 3 is 2.77 bits per heavy atom. The largest absolute Gasteiger partial charge is 0.479 e. The molecule has 1 rings (SSSR count). The first-order chi connectivity index (χ1) is 6.11. The molecule has 5 heteroatoms. The Labute approximate surface area is 73.9 Å². The zero-order valence-corrected chi connectivity index (χ0v) is 6.75. The Kier molecular flexibility index (Phi) is 2.81. The normalized spacial score (nSPS) is 12.4. The molecule has 2 N–H and O–H groups in total. The predicted molar refractivity (Wildman–Crippen MR) is 44.3 cm³/mol. The number of nitrogens with zero attached hydrogens (tertiary/aromatic N) is 1. The minimum atomic E-state index is -1.54. The highest BCUT2D eigenvalue weighted by molar-refractivity contribution is 5.71. The standard InChI is InChI=1S/C8H9NO4/c10-6(8(12)13)5-9-4-2-1-3-7(9)11/h1-4,6,10H,5H2,(H,12,13). The van der Waals surface area contributed by atoms with Crippen LogP contribution in [0.1, 0.15) is 0 Å². The van der Waals surface area contributed by atoms with Gasteiger partial charge in [0.15, 0.2) is 6.10 Å². The van der Waals surface area contributed by atoms with Crippen molar-refractivity contribution in [3.63, 3.8) is 0 Å². The third kappa shape index (κ3) is 2.41.